The third-order valence-corrected chi connectivity index (χ3v) is 4.18. The highest BCUT2D eigenvalue weighted by Gasteiger charge is 2.35. The zero-order valence-corrected chi connectivity index (χ0v) is 14.8. The molecule has 1 heterocycles. The van der Waals surface area contributed by atoms with Gasteiger partial charge in [0.2, 0.25) is 6.10 Å². The van der Waals surface area contributed by atoms with Crippen molar-refractivity contribution >= 4 is 5.91 Å². The van der Waals surface area contributed by atoms with Gasteiger partial charge in [-0.05, 0) is 38.1 Å². The van der Waals surface area contributed by atoms with E-state index in [-0.39, 0.29) is 12.0 Å². The average Bonchev–Trinajstić information content (AvgIpc) is 2.62. The van der Waals surface area contributed by atoms with E-state index < -0.39 is 6.10 Å². The Morgan fingerprint density at radius 2 is 1.72 bits per heavy atom. The van der Waals surface area contributed by atoms with Crippen LogP contribution in [0, 0.1) is 6.92 Å². The van der Waals surface area contributed by atoms with Crippen molar-refractivity contribution in [2.24, 2.45) is 0 Å². The molecule has 2 aromatic carbocycles. The standard InChI is InChI=1S/C20H23NO4/c1-14-8-10-16(11-9-14)23-13-12-21(3)20(22)19-15(2)24-17-6-4-5-7-18(17)25-19/h4-11,15,19H,12-13H2,1-3H3/t15-,19+/m1/s1. The van der Waals surface area contributed by atoms with E-state index in [2.05, 4.69) is 0 Å². The van der Waals surface area contributed by atoms with Crippen LogP contribution in [0.4, 0.5) is 0 Å². The molecule has 1 aliphatic rings. The Balaban J connectivity index is 1.54. The first-order valence-corrected chi connectivity index (χ1v) is 8.41. The number of carbonyl (C=O) groups is 1. The van der Waals surface area contributed by atoms with Crippen molar-refractivity contribution < 1.29 is 19.0 Å². The van der Waals surface area contributed by atoms with Gasteiger partial charge in [0.1, 0.15) is 18.5 Å². The number of hydrogen-bond donors (Lipinski definition) is 0. The van der Waals surface area contributed by atoms with Crippen molar-refractivity contribution in [2.45, 2.75) is 26.1 Å². The summed E-state index contributed by atoms with van der Waals surface area (Å²) in [6.45, 7) is 4.77. The second kappa shape index (κ2) is 7.47. The number of likely N-dealkylation sites (N-methyl/N-ethyl adjacent to an activating group) is 1. The number of para-hydroxylation sites is 2. The van der Waals surface area contributed by atoms with E-state index in [1.807, 2.05) is 62.4 Å². The molecule has 0 N–H and O–H groups in total. The number of hydrogen-bond acceptors (Lipinski definition) is 4. The van der Waals surface area contributed by atoms with Gasteiger partial charge >= 0.3 is 0 Å². The third kappa shape index (κ3) is 4.05. The van der Waals surface area contributed by atoms with Crippen LogP contribution in [0.3, 0.4) is 0 Å². The molecule has 132 valence electrons. The maximum Gasteiger partial charge on any atom is 0.267 e. The molecule has 5 heteroatoms. The highest BCUT2D eigenvalue weighted by molar-refractivity contribution is 5.82. The summed E-state index contributed by atoms with van der Waals surface area (Å²) in [7, 11) is 1.75. The van der Waals surface area contributed by atoms with Crippen LogP contribution in [-0.2, 0) is 4.79 Å². The first kappa shape index (κ1) is 17.1. The number of benzene rings is 2. The van der Waals surface area contributed by atoms with Crippen LogP contribution in [0.1, 0.15) is 12.5 Å². The monoisotopic (exact) mass is 341 g/mol. The number of fused-ring (bicyclic) bond motifs is 1. The molecule has 0 saturated carbocycles. The first-order valence-electron chi connectivity index (χ1n) is 8.41. The van der Waals surface area contributed by atoms with E-state index in [0.29, 0.717) is 24.7 Å². The molecule has 0 radical (unpaired) electrons. The second-order valence-electron chi connectivity index (χ2n) is 6.23. The highest BCUT2D eigenvalue weighted by atomic mass is 16.6. The van der Waals surface area contributed by atoms with Gasteiger partial charge in [-0.25, -0.2) is 0 Å². The lowest BCUT2D eigenvalue weighted by Gasteiger charge is -2.33. The number of amides is 1. The second-order valence-corrected chi connectivity index (χ2v) is 6.23. The first-order chi connectivity index (χ1) is 12.0. The molecule has 0 saturated heterocycles. The van der Waals surface area contributed by atoms with Gasteiger partial charge in [-0.15, -0.1) is 0 Å². The van der Waals surface area contributed by atoms with E-state index in [1.54, 1.807) is 11.9 Å². The van der Waals surface area contributed by atoms with Gasteiger partial charge in [0.25, 0.3) is 5.91 Å². The highest BCUT2D eigenvalue weighted by Crippen LogP contribution is 2.33. The van der Waals surface area contributed by atoms with E-state index in [9.17, 15) is 4.79 Å². The number of carbonyl (C=O) groups excluding carboxylic acids is 1. The summed E-state index contributed by atoms with van der Waals surface area (Å²) in [6, 6.07) is 15.2. The molecule has 2 aromatic rings. The largest absolute Gasteiger partial charge is 0.492 e. The smallest absolute Gasteiger partial charge is 0.267 e. The van der Waals surface area contributed by atoms with Crippen molar-refractivity contribution in [3.8, 4) is 17.2 Å². The van der Waals surface area contributed by atoms with Gasteiger partial charge in [-0.1, -0.05) is 29.8 Å². The van der Waals surface area contributed by atoms with Gasteiger partial charge < -0.3 is 19.1 Å². The predicted molar refractivity (Wildman–Crippen MR) is 95.3 cm³/mol. The van der Waals surface area contributed by atoms with Crippen LogP contribution >= 0.6 is 0 Å². The number of rotatable bonds is 5. The summed E-state index contributed by atoms with van der Waals surface area (Å²) in [5.74, 6) is 1.95. The molecule has 25 heavy (non-hydrogen) atoms. The van der Waals surface area contributed by atoms with E-state index >= 15 is 0 Å². The van der Waals surface area contributed by atoms with Crippen LogP contribution in [0.5, 0.6) is 17.2 Å². The molecular formula is C20H23NO4. The van der Waals surface area contributed by atoms with E-state index in [0.717, 1.165) is 5.75 Å². The maximum absolute atomic E-state index is 12.7. The summed E-state index contributed by atoms with van der Waals surface area (Å²) in [5.41, 5.74) is 1.18. The summed E-state index contributed by atoms with van der Waals surface area (Å²) in [4.78, 5) is 14.3. The minimum atomic E-state index is -0.653. The van der Waals surface area contributed by atoms with Crippen LogP contribution in [0.15, 0.2) is 48.5 Å². The minimum absolute atomic E-state index is 0.116. The maximum atomic E-state index is 12.7. The summed E-state index contributed by atoms with van der Waals surface area (Å²) in [5, 5.41) is 0. The Bertz CT molecular complexity index is 729. The molecule has 3 rings (SSSR count). The topological polar surface area (TPSA) is 48.0 Å². The predicted octanol–water partition coefficient (Wildman–Crippen LogP) is 3.06. The van der Waals surface area contributed by atoms with Crippen molar-refractivity contribution in [3.05, 3.63) is 54.1 Å². The summed E-state index contributed by atoms with van der Waals surface area (Å²) >= 11 is 0. The van der Waals surface area contributed by atoms with Gasteiger partial charge in [-0.2, -0.15) is 0 Å². The fraction of sp³-hybridized carbons (Fsp3) is 0.350. The normalized spacial score (nSPS) is 18.5. The van der Waals surface area contributed by atoms with Gasteiger partial charge in [-0.3, -0.25) is 4.79 Å². The Morgan fingerprint density at radius 3 is 2.40 bits per heavy atom. The lowest BCUT2D eigenvalue weighted by Crippen LogP contribution is -2.50. The summed E-state index contributed by atoms with van der Waals surface area (Å²) in [6.07, 6.45) is -0.998. The average molecular weight is 341 g/mol. The van der Waals surface area contributed by atoms with Crippen molar-refractivity contribution in [2.75, 3.05) is 20.2 Å². The molecule has 0 unspecified atom stereocenters. The van der Waals surface area contributed by atoms with Gasteiger partial charge in [0.05, 0.1) is 6.54 Å². The van der Waals surface area contributed by atoms with Crippen LogP contribution in [-0.4, -0.2) is 43.2 Å². The minimum Gasteiger partial charge on any atom is -0.492 e. The molecule has 0 aliphatic carbocycles. The fourth-order valence-electron chi connectivity index (χ4n) is 2.65. The fourth-order valence-corrected chi connectivity index (χ4v) is 2.65. The molecule has 1 amide bonds. The van der Waals surface area contributed by atoms with Gasteiger partial charge in [0.15, 0.2) is 11.5 Å². The number of ether oxygens (including phenoxy) is 3. The Kier molecular flexibility index (Phi) is 5.12. The number of aryl methyl sites for hydroxylation is 1. The van der Waals surface area contributed by atoms with Crippen molar-refractivity contribution in [1.82, 2.24) is 4.90 Å². The van der Waals surface area contributed by atoms with E-state index in [1.165, 1.54) is 5.56 Å². The molecule has 0 bridgehead atoms. The Labute approximate surface area is 148 Å². The lowest BCUT2D eigenvalue weighted by atomic mass is 10.1. The number of nitrogens with zero attached hydrogens (tertiary/aromatic N) is 1. The Morgan fingerprint density at radius 1 is 1.08 bits per heavy atom. The molecule has 0 aromatic heterocycles. The molecular weight excluding hydrogens is 318 g/mol. The lowest BCUT2D eigenvalue weighted by molar-refractivity contribution is -0.143. The zero-order valence-electron chi connectivity index (χ0n) is 14.8. The summed E-state index contributed by atoms with van der Waals surface area (Å²) < 4.78 is 17.3. The zero-order chi connectivity index (χ0) is 17.8. The molecule has 0 spiro atoms. The van der Waals surface area contributed by atoms with Crippen LogP contribution in [0.2, 0.25) is 0 Å². The van der Waals surface area contributed by atoms with Gasteiger partial charge in [0, 0.05) is 7.05 Å². The molecule has 2 atom stereocenters. The van der Waals surface area contributed by atoms with Crippen molar-refractivity contribution in [3.63, 3.8) is 0 Å². The molecule has 1 aliphatic heterocycles. The molecule has 5 nitrogen and oxygen atoms in total. The quantitative estimate of drug-likeness (QED) is 0.839. The third-order valence-electron chi connectivity index (χ3n) is 4.18. The molecule has 0 fully saturated rings. The van der Waals surface area contributed by atoms with Crippen molar-refractivity contribution in [1.29, 1.82) is 0 Å². The Hall–Kier alpha value is -2.69. The SMILES string of the molecule is Cc1ccc(OCCN(C)C(=O)[C@H]2Oc3ccccc3O[C@@H]2C)cc1. The van der Waals surface area contributed by atoms with E-state index in [4.69, 9.17) is 14.2 Å². The van der Waals surface area contributed by atoms with Crippen LogP contribution < -0.4 is 14.2 Å². The van der Waals surface area contributed by atoms with Crippen LogP contribution in [0.25, 0.3) is 0 Å².